The highest BCUT2D eigenvalue weighted by Gasteiger charge is 2.16. The molecule has 0 unspecified atom stereocenters. The largest absolute Gasteiger partial charge is 0.345 e. The van der Waals surface area contributed by atoms with E-state index in [9.17, 15) is 14.0 Å². The Morgan fingerprint density at radius 3 is 2.53 bits per heavy atom. The van der Waals surface area contributed by atoms with E-state index in [-0.39, 0.29) is 38.8 Å². The number of nitrogens with zero attached hydrogens (tertiary/aromatic N) is 3. The molecule has 7 nitrogen and oxygen atoms in total. The van der Waals surface area contributed by atoms with Crippen molar-refractivity contribution in [2.75, 3.05) is 11.1 Å². The third kappa shape index (κ3) is 5.92. The van der Waals surface area contributed by atoms with Gasteiger partial charge in [-0.3, -0.25) is 9.59 Å². The van der Waals surface area contributed by atoms with Crippen LogP contribution in [-0.2, 0) is 17.9 Å². The number of rotatable bonds is 8. The Morgan fingerprint density at radius 2 is 1.81 bits per heavy atom. The number of benzene rings is 2. The molecule has 0 spiro atoms. The van der Waals surface area contributed by atoms with Gasteiger partial charge in [0.25, 0.3) is 5.91 Å². The topological polar surface area (TPSA) is 88.9 Å². The van der Waals surface area contributed by atoms with Crippen molar-refractivity contribution >= 4 is 64.1 Å². The molecule has 0 radical (unpaired) electrons. The van der Waals surface area contributed by atoms with Crippen LogP contribution in [0, 0.1) is 5.82 Å². The van der Waals surface area contributed by atoms with Crippen LogP contribution in [0.4, 0.5) is 10.1 Å². The van der Waals surface area contributed by atoms with E-state index >= 15 is 0 Å². The molecule has 1 heterocycles. The minimum atomic E-state index is -0.605. The molecule has 1 aromatic heterocycles. The average Bonchev–Trinajstić information content (AvgIpc) is 3.16. The van der Waals surface area contributed by atoms with E-state index in [1.54, 1.807) is 10.6 Å². The maximum atomic E-state index is 13.8. The number of amides is 2. The fourth-order valence-corrected chi connectivity index (χ4v) is 4.12. The molecule has 168 valence electrons. The molecule has 0 bridgehead atoms. The minimum Gasteiger partial charge on any atom is -0.345 e. The van der Waals surface area contributed by atoms with Crippen LogP contribution in [0.1, 0.15) is 23.1 Å². The van der Waals surface area contributed by atoms with Gasteiger partial charge in [-0.25, -0.2) is 4.39 Å². The number of hydrogen-bond donors (Lipinski definition) is 2. The van der Waals surface area contributed by atoms with Gasteiger partial charge in [-0.05, 0) is 31.2 Å². The fraction of sp³-hybridized carbons (Fsp3) is 0.200. The van der Waals surface area contributed by atoms with Gasteiger partial charge in [0.1, 0.15) is 5.82 Å². The Bertz CT molecular complexity index is 1160. The molecular weight excluding hydrogens is 500 g/mol. The molecule has 0 atom stereocenters. The maximum absolute atomic E-state index is 13.8. The molecule has 2 N–H and O–H groups in total. The number of hydrogen-bond acceptors (Lipinski definition) is 5. The Hall–Kier alpha value is -2.33. The predicted octanol–water partition coefficient (Wildman–Crippen LogP) is 5.06. The lowest BCUT2D eigenvalue weighted by Crippen LogP contribution is -2.25. The van der Waals surface area contributed by atoms with Crippen molar-refractivity contribution in [2.45, 2.75) is 25.2 Å². The van der Waals surface area contributed by atoms with Gasteiger partial charge in [0.15, 0.2) is 11.0 Å². The number of carbonyl (C=O) groups excluding carboxylic acids is 2. The standard InChI is InChI=1S/C20H17Cl3FN5O2S/c1-2-29-17(9-25-19(31)11-5-3-4-6-15(11)24)27-28-20(29)32-10-18(30)26-16-8-13(22)12(21)7-14(16)23/h3-8H,2,9-10H2,1H3,(H,25,31)(H,26,30). The summed E-state index contributed by atoms with van der Waals surface area (Å²) in [6, 6.07) is 8.62. The normalized spacial score (nSPS) is 10.8. The Balaban J connectivity index is 1.60. The third-order valence-corrected chi connectivity index (χ3v) is 6.25. The van der Waals surface area contributed by atoms with Gasteiger partial charge in [-0.1, -0.05) is 58.7 Å². The van der Waals surface area contributed by atoms with Crippen LogP contribution in [0.5, 0.6) is 0 Å². The monoisotopic (exact) mass is 515 g/mol. The molecule has 0 saturated carbocycles. The summed E-state index contributed by atoms with van der Waals surface area (Å²) in [5, 5.41) is 14.8. The molecule has 3 aromatic rings. The van der Waals surface area contributed by atoms with Crippen molar-refractivity contribution in [1.82, 2.24) is 20.1 Å². The predicted molar refractivity (Wildman–Crippen MR) is 124 cm³/mol. The van der Waals surface area contributed by atoms with E-state index in [2.05, 4.69) is 20.8 Å². The molecule has 32 heavy (non-hydrogen) atoms. The molecule has 0 aliphatic rings. The molecule has 0 aliphatic carbocycles. The van der Waals surface area contributed by atoms with Crippen LogP contribution in [-0.4, -0.2) is 32.3 Å². The molecule has 3 rings (SSSR count). The first-order valence-electron chi connectivity index (χ1n) is 9.32. The van der Waals surface area contributed by atoms with E-state index in [1.807, 2.05) is 6.92 Å². The first-order valence-corrected chi connectivity index (χ1v) is 11.4. The van der Waals surface area contributed by atoms with Crippen molar-refractivity contribution in [2.24, 2.45) is 0 Å². The smallest absolute Gasteiger partial charge is 0.254 e. The van der Waals surface area contributed by atoms with Crippen LogP contribution in [0.3, 0.4) is 0 Å². The summed E-state index contributed by atoms with van der Waals surface area (Å²) in [6.07, 6.45) is 0. The van der Waals surface area contributed by atoms with Gasteiger partial charge < -0.3 is 15.2 Å². The second kappa shape index (κ2) is 11.0. The highest BCUT2D eigenvalue weighted by Crippen LogP contribution is 2.32. The second-order valence-corrected chi connectivity index (χ2v) is 8.55. The average molecular weight is 517 g/mol. The van der Waals surface area contributed by atoms with Gasteiger partial charge in [-0.2, -0.15) is 0 Å². The van der Waals surface area contributed by atoms with Crippen molar-refractivity contribution in [3.8, 4) is 0 Å². The van der Waals surface area contributed by atoms with Gasteiger partial charge in [0.05, 0.1) is 38.6 Å². The Labute approximate surface area is 202 Å². The van der Waals surface area contributed by atoms with Crippen molar-refractivity contribution in [3.63, 3.8) is 0 Å². The first-order chi connectivity index (χ1) is 15.3. The number of anilines is 1. The summed E-state index contributed by atoms with van der Waals surface area (Å²) in [7, 11) is 0. The fourth-order valence-electron chi connectivity index (χ4n) is 2.71. The van der Waals surface area contributed by atoms with Crippen molar-refractivity contribution in [1.29, 1.82) is 0 Å². The van der Waals surface area contributed by atoms with E-state index in [0.717, 1.165) is 0 Å². The summed E-state index contributed by atoms with van der Waals surface area (Å²) in [5.74, 6) is -0.967. The van der Waals surface area contributed by atoms with Crippen LogP contribution in [0.2, 0.25) is 15.1 Å². The highest BCUT2D eigenvalue weighted by molar-refractivity contribution is 7.99. The van der Waals surface area contributed by atoms with E-state index in [1.165, 1.54) is 42.1 Å². The first kappa shape index (κ1) is 24.3. The molecule has 0 aliphatic heterocycles. The van der Waals surface area contributed by atoms with Crippen molar-refractivity contribution < 1.29 is 14.0 Å². The number of halogens is 4. The second-order valence-electron chi connectivity index (χ2n) is 6.39. The Kier molecular flexibility index (Phi) is 8.36. The SMILES string of the molecule is CCn1c(CNC(=O)c2ccccc2F)nnc1SCC(=O)Nc1cc(Cl)c(Cl)cc1Cl. The Morgan fingerprint density at radius 1 is 1.09 bits per heavy atom. The van der Waals surface area contributed by atoms with Gasteiger partial charge in [-0.15, -0.1) is 10.2 Å². The van der Waals surface area contributed by atoms with Crippen molar-refractivity contribution in [3.05, 3.63) is 68.7 Å². The number of thioether (sulfide) groups is 1. The summed E-state index contributed by atoms with van der Waals surface area (Å²) < 4.78 is 15.5. The van der Waals surface area contributed by atoms with E-state index in [4.69, 9.17) is 34.8 Å². The summed E-state index contributed by atoms with van der Waals surface area (Å²) in [6.45, 7) is 2.45. The molecule has 0 saturated heterocycles. The van der Waals surface area contributed by atoms with Crippen LogP contribution in [0.15, 0.2) is 41.6 Å². The number of nitrogens with one attached hydrogen (secondary N) is 2. The zero-order valence-corrected chi connectivity index (χ0v) is 19.7. The summed E-state index contributed by atoms with van der Waals surface area (Å²) in [4.78, 5) is 24.5. The molecule has 2 aromatic carbocycles. The van der Waals surface area contributed by atoms with Gasteiger partial charge >= 0.3 is 0 Å². The lowest BCUT2D eigenvalue weighted by atomic mass is 10.2. The zero-order valence-electron chi connectivity index (χ0n) is 16.7. The minimum absolute atomic E-state index is 0.0380. The third-order valence-electron chi connectivity index (χ3n) is 4.25. The van der Waals surface area contributed by atoms with Crippen LogP contribution < -0.4 is 10.6 Å². The molecular formula is C20H17Cl3FN5O2S. The van der Waals surface area contributed by atoms with Gasteiger partial charge in [0.2, 0.25) is 5.91 Å². The van der Waals surface area contributed by atoms with Crippen LogP contribution >= 0.6 is 46.6 Å². The highest BCUT2D eigenvalue weighted by atomic mass is 35.5. The quantitative estimate of drug-likeness (QED) is 0.323. The number of aromatic nitrogens is 3. The molecule has 12 heteroatoms. The van der Waals surface area contributed by atoms with Gasteiger partial charge in [0, 0.05) is 6.54 Å². The maximum Gasteiger partial charge on any atom is 0.254 e. The zero-order chi connectivity index (χ0) is 23.3. The number of carbonyl (C=O) groups is 2. The lowest BCUT2D eigenvalue weighted by Gasteiger charge is -2.10. The van der Waals surface area contributed by atoms with E-state index in [0.29, 0.717) is 23.2 Å². The van der Waals surface area contributed by atoms with E-state index < -0.39 is 11.7 Å². The lowest BCUT2D eigenvalue weighted by molar-refractivity contribution is -0.113. The molecule has 0 fully saturated rings. The van der Waals surface area contributed by atoms with Crippen LogP contribution in [0.25, 0.3) is 0 Å². The molecule has 2 amide bonds. The summed E-state index contributed by atoms with van der Waals surface area (Å²) >= 11 is 19.1. The summed E-state index contributed by atoms with van der Waals surface area (Å²) in [5.41, 5.74) is 0.294.